The third kappa shape index (κ3) is 3.22. The van der Waals surface area contributed by atoms with Gasteiger partial charge in [-0.1, -0.05) is 43.6 Å². The minimum absolute atomic E-state index is 0.126. The Balaban J connectivity index is 2.13. The maximum atomic E-state index is 12.0. The lowest BCUT2D eigenvalue weighted by Crippen LogP contribution is -2.12. The molecule has 1 aromatic heterocycles. The number of anilines is 1. The molecule has 1 aromatic carbocycles. The summed E-state index contributed by atoms with van der Waals surface area (Å²) in [4.78, 5) is 12.0. The topological polar surface area (TPSA) is 55.1 Å². The summed E-state index contributed by atoms with van der Waals surface area (Å²) in [7, 11) is 0. The van der Waals surface area contributed by atoms with E-state index >= 15 is 0 Å². The van der Waals surface area contributed by atoms with Gasteiger partial charge in [-0.25, -0.2) is 0 Å². The molecule has 0 atom stereocenters. The Morgan fingerprint density at radius 2 is 2.00 bits per heavy atom. The summed E-state index contributed by atoms with van der Waals surface area (Å²) in [6, 6.07) is 9.17. The first-order chi connectivity index (χ1) is 8.86. The Hall–Kier alpha value is -2.10. The highest BCUT2D eigenvalue weighted by Crippen LogP contribution is 2.24. The molecule has 0 spiro atoms. The van der Waals surface area contributed by atoms with Crippen LogP contribution in [0.4, 0.5) is 5.82 Å². The molecule has 0 radical (unpaired) electrons. The number of carbonyl (C=O) groups excluding carboxylic acids is 1. The molecule has 0 aliphatic rings. The lowest BCUT2D eigenvalue weighted by Gasteiger charge is -2.12. The van der Waals surface area contributed by atoms with Crippen molar-refractivity contribution in [3.05, 3.63) is 47.2 Å². The number of nitrogens with zero attached hydrogens (tertiary/aromatic N) is 1. The molecule has 0 bridgehead atoms. The Labute approximate surface area is 112 Å². The van der Waals surface area contributed by atoms with E-state index in [1.165, 1.54) is 0 Å². The van der Waals surface area contributed by atoms with Gasteiger partial charge in [0.05, 0.1) is 0 Å². The SMILES string of the molecule is Cc1cccc(C(=O)Nc2cc(C(C)(C)C)on2)c1. The average molecular weight is 258 g/mol. The molecule has 0 saturated heterocycles. The Morgan fingerprint density at radius 3 is 2.58 bits per heavy atom. The fourth-order valence-corrected chi connectivity index (χ4v) is 1.66. The van der Waals surface area contributed by atoms with Gasteiger partial charge in [0.1, 0.15) is 5.76 Å². The van der Waals surface area contributed by atoms with Crippen molar-refractivity contribution in [2.75, 3.05) is 5.32 Å². The van der Waals surface area contributed by atoms with Crippen LogP contribution in [0.2, 0.25) is 0 Å². The number of carbonyl (C=O) groups is 1. The molecule has 4 nitrogen and oxygen atoms in total. The Kier molecular flexibility index (Phi) is 3.42. The van der Waals surface area contributed by atoms with Crippen molar-refractivity contribution in [2.45, 2.75) is 33.1 Å². The lowest BCUT2D eigenvalue weighted by atomic mass is 9.93. The van der Waals surface area contributed by atoms with Crippen molar-refractivity contribution >= 4 is 11.7 Å². The third-order valence-electron chi connectivity index (χ3n) is 2.77. The number of rotatable bonds is 2. The molecule has 4 heteroatoms. The van der Waals surface area contributed by atoms with Gasteiger partial charge < -0.3 is 9.84 Å². The first kappa shape index (κ1) is 13.3. The van der Waals surface area contributed by atoms with Gasteiger partial charge in [0, 0.05) is 17.0 Å². The number of benzene rings is 1. The van der Waals surface area contributed by atoms with Crippen LogP contribution in [0.25, 0.3) is 0 Å². The van der Waals surface area contributed by atoms with Crippen LogP contribution in [0.1, 0.15) is 42.5 Å². The van der Waals surface area contributed by atoms with Crippen LogP contribution in [0.5, 0.6) is 0 Å². The van der Waals surface area contributed by atoms with Crippen molar-refractivity contribution in [3.63, 3.8) is 0 Å². The van der Waals surface area contributed by atoms with Gasteiger partial charge in [0.15, 0.2) is 5.82 Å². The quantitative estimate of drug-likeness (QED) is 0.896. The van der Waals surface area contributed by atoms with E-state index in [0.29, 0.717) is 11.4 Å². The van der Waals surface area contributed by atoms with Crippen LogP contribution < -0.4 is 5.32 Å². The summed E-state index contributed by atoms with van der Waals surface area (Å²) < 4.78 is 5.22. The maximum Gasteiger partial charge on any atom is 0.256 e. The van der Waals surface area contributed by atoms with E-state index in [1.54, 1.807) is 12.1 Å². The molecule has 0 unspecified atom stereocenters. The summed E-state index contributed by atoms with van der Waals surface area (Å²) in [6.07, 6.45) is 0. The molecular formula is C15H18N2O2. The molecule has 0 fully saturated rings. The molecule has 0 aliphatic carbocycles. The molecule has 1 N–H and O–H groups in total. The number of nitrogens with one attached hydrogen (secondary N) is 1. The van der Waals surface area contributed by atoms with Gasteiger partial charge in [0.2, 0.25) is 0 Å². The second kappa shape index (κ2) is 4.88. The third-order valence-corrected chi connectivity index (χ3v) is 2.77. The molecule has 0 aliphatic heterocycles. The normalized spacial score (nSPS) is 11.4. The molecular weight excluding hydrogens is 240 g/mol. The second-order valence-electron chi connectivity index (χ2n) is 5.65. The predicted molar refractivity (Wildman–Crippen MR) is 74.3 cm³/mol. The molecule has 1 amide bonds. The largest absolute Gasteiger partial charge is 0.359 e. The second-order valence-corrected chi connectivity index (χ2v) is 5.65. The zero-order valence-electron chi connectivity index (χ0n) is 11.7. The summed E-state index contributed by atoms with van der Waals surface area (Å²) >= 11 is 0. The zero-order valence-corrected chi connectivity index (χ0v) is 11.7. The van der Waals surface area contributed by atoms with Crippen LogP contribution in [0, 0.1) is 6.92 Å². The minimum Gasteiger partial charge on any atom is -0.359 e. The number of hydrogen-bond donors (Lipinski definition) is 1. The molecule has 100 valence electrons. The fraction of sp³-hybridized carbons (Fsp3) is 0.333. The van der Waals surface area contributed by atoms with Crippen LogP contribution >= 0.6 is 0 Å². The predicted octanol–water partition coefficient (Wildman–Crippen LogP) is 3.53. The zero-order chi connectivity index (χ0) is 14.0. The highest BCUT2D eigenvalue weighted by atomic mass is 16.5. The smallest absolute Gasteiger partial charge is 0.256 e. The average Bonchev–Trinajstić information content (AvgIpc) is 2.77. The summed E-state index contributed by atoms with van der Waals surface area (Å²) in [5, 5.41) is 6.60. The van der Waals surface area contributed by atoms with Crippen molar-refractivity contribution in [2.24, 2.45) is 0 Å². The standard InChI is InChI=1S/C15H18N2O2/c1-10-6-5-7-11(8-10)14(18)16-13-9-12(19-17-13)15(2,3)4/h5-9H,1-4H3,(H,16,17,18). The van der Waals surface area contributed by atoms with Crippen molar-refractivity contribution in [3.8, 4) is 0 Å². The van der Waals surface area contributed by atoms with Crippen LogP contribution in [0.15, 0.2) is 34.9 Å². The fourth-order valence-electron chi connectivity index (χ4n) is 1.66. The van der Waals surface area contributed by atoms with Crippen molar-refractivity contribution in [1.82, 2.24) is 5.16 Å². The van der Waals surface area contributed by atoms with E-state index in [9.17, 15) is 4.79 Å². The minimum atomic E-state index is -0.183. The van der Waals surface area contributed by atoms with Crippen LogP contribution in [0.3, 0.4) is 0 Å². The van der Waals surface area contributed by atoms with Crippen molar-refractivity contribution < 1.29 is 9.32 Å². The van der Waals surface area contributed by atoms with Gasteiger partial charge >= 0.3 is 0 Å². The van der Waals surface area contributed by atoms with E-state index < -0.39 is 0 Å². The van der Waals surface area contributed by atoms with Crippen LogP contribution in [-0.4, -0.2) is 11.1 Å². The van der Waals surface area contributed by atoms with Crippen LogP contribution in [-0.2, 0) is 5.41 Å². The number of aryl methyl sites for hydroxylation is 1. The van der Waals surface area contributed by atoms with Gasteiger partial charge in [-0.3, -0.25) is 4.79 Å². The van der Waals surface area contributed by atoms with Crippen molar-refractivity contribution in [1.29, 1.82) is 0 Å². The van der Waals surface area contributed by atoms with E-state index in [0.717, 1.165) is 11.3 Å². The van der Waals surface area contributed by atoms with Gasteiger partial charge in [-0.05, 0) is 19.1 Å². The number of aromatic nitrogens is 1. The highest BCUT2D eigenvalue weighted by Gasteiger charge is 2.20. The maximum absolute atomic E-state index is 12.0. The lowest BCUT2D eigenvalue weighted by molar-refractivity contribution is 0.102. The number of amides is 1. The molecule has 2 rings (SSSR count). The van der Waals surface area contributed by atoms with E-state index in [-0.39, 0.29) is 11.3 Å². The van der Waals surface area contributed by atoms with E-state index in [2.05, 4.69) is 10.5 Å². The molecule has 0 saturated carbocycles. The molecule has 2 aromatic rings. The molecule has 1 heterocycles. The Morgan fingerprint density at radius 1 is 1.26 bits per heavy atom. The first-order valence-corrected chi connectivity index (χ1v) is 6.21. The van der Waals surface area contributed by atoms with Gasteiger partial charge in [-0.15, -0.1) is 0 Å². The van der Waals surface area contributed by atoms with E-state index in [1.807, 2.05) is 45.9 Å². The monoisotopic (exact) mass is 258 g/mol. The van der Waals surface area contributed by atoms with Gasteiger partial charge in [-0.2, -0.15) is 0 Å². The number of hydrogen-bond acceptors (Lipinski definition) is 3. The summed E-state index contributed by atoms with van der Waals surface area (Å²) in [5.41, 5.74) is 1.53. The van der Waals surface area contributed by atoms with E-state index in [4.69, 9.17) is 4.52 Å². The molecule has 19 heavy (non-hydrogen) atoms. The first-order valence-electron chi connectivity index (χ1n) is 6.21. The van der Waals surface area contributed by atoms with Gasteiger partial charge in [0.25, 0.3) is 5.91 Å². The highest BCUT2D eigenvalue weighted by molar-refractivity contribution is 6.03. The summed E-state index contributed by atoms with van der Waals surface area (Å²) in [6.45, 7) is 8.03. The Bertz CT molecular complexity index is 594. The summed E-state index contributed by atoms with van der Waals surface area (Å²) in [5.74, 6) is 1.00.